The summed E-state index contributed by atoms with van der Waals surface area (Å²) >= 11 is 5.53. The molecule has 16 heavy (non-hydrogen) atoms. The molecule has 0 N–H and O–H groups in total. The maximum Gasteiger partial charge on any atom is 0.573 e. The number of nitrogens with zero attached hydrogens (tertiary/aromatic N) is 1. The summed E-state index contributed by atoms with van der Waals surface area (Å²) < 4.78 is 44.8. The van der Waals surface area contributed by atoms with Gasteiger partial charge in [0.15, 0.2) is 5.75 Å². The van der Waals surface area contributed by atoms with Gasteiger partial charge in [0.1, 0.15) is 0 Å². The van der Waals surface area contributed by atoms with Gasteiger partial charge >= 0.3 is 6.36 Å². The van der Waals surface area contributed by atoms with Crippen molar-refractivity contribution < 1.29 is 22.6 Å². The molecule has 0 bridgehead atoms. The molecule has 1 heterocycles. The molecule has 0 amide bonds. The Labute approximate surface area is 95.1 Å². The number of pyridine rings is 1. The predicted octanol–water partition coefficient (Wildman–Crippen LogP) is 3.04. The highest BCUT2D eigenvalue weighted by Gasteiger charge is 2.33. The van der Waals surface area contributed by atoms with E-state index in [-0.39, 0.29) is 17.3 Å². The van der Waals surface area contributed by atoms with Crippen LogP contribution >= 0.6 is 11.6 Å². The van der Waals surface area contributed by atoms with E-state index in [0.29, 0.717) is 5.69 Å². The standard InChI is InChI=1S/C9H9ClF3NO2/c1-5-3-6(4-10)14-8(15-2)7(5)16-9(11,12)13/h3H,4H2,1-2H3. The first-order valence-corrected chi connectivity index (χ1v) is 4.77. The van der Waals surface area contributed by atoms with Crippen LogP contribution in [0, 0.1) is 6.92 Å². The minimum absolute atomic E-state index is 0.0868. The molecule has 0 unspecified atom stereocenters. The molecule has 0 spiro atoms. The highest BCUT2D eigenvalue weighted by atomic mass is 35.5. The molecule has 0 atom stereocenters. The van der Waals surface area contributed by atoms with Crippen LogP contribution in [0.25, 0.3) is 0 Å². The first-order valence-electron chi connectivity index (χ1n) is 4.23. The first-order chi connectivity index (χ1) is 7.37. The Balaban J connectivity index is 3.16. The maximum absolute atomic E-state index is 12.1. The van der Waals surface area contributed by atoms with Crippen molar-refractivity contribution >= 4 is 11.6 Å². The number of alkyl halides is 4. The van der Waals surface area contributed by atoms with E-state index in [1.54, 1.807) is 0 Å². The van der Waals surface area contributed by atoms with Crippen molar-refractivity contribution in [1.82, 2.24) is 4.98 Å². The second-order valence-electron chi connectivity index (χ2n) is 2.95. The fourth-order valence-electron chi connectivity index (χ4n) is 1.14. The molecule has 1 aromatic rings. The van der Waals surface area contributed by atoms with Crippen LogP contribution in [0.5, 0.6) is 11.6 Å². The Morgan fingerprint density at radius 2 is 2.06 bits per heavy atom. The van der Waals surface area contributed by atoms with Crippen LogP contribution in [-0.4, -0.2) is 18.5 Å². The highest BCUT2D eigenvalue weighted by Crippen LogP contribution is 2.34. The smallest absolute Gasteiger partial charge is 0.478 e. The van der Waals surface area contributed by atoms with E-state index in [0.717, 1.165) is 0 Å². The molecule has 0 saturated heterocycles. The lowest BCUT2D eigenvalue weighted by Gasteiger charge is -2.14. The maximum atomic E-state index is 12.1. The van der Waals surface area contributed by atoms with Crippen molar-refractivity contribution in [2.45, 2.75) is 19.2 Å². The lowest BCUT2D eigenvalue weighted by atomic mass is 10.2. The zero-order valence-electron chi connectivity index (χ0n) is 8.56. The largest absolute Gasteiger partial charge is 0.573 e. The molecule has 90 valence electrons. The van der Waals surface area contributed by atoms with Gasteiger partial charge in [0.05, 0.1) is 18.7 Å². The molecule has 0 aliphatic carbocycles. The molecule has 1 aromatic heterocycles. The molecule has 0 aliphatic rings. The summed E-state index contributed by atoms with van der Waals surface area (Å²) in [4.78, 5) is 3.78. The predicted molar refractivity (Wildman–Crippen MR) is 51.8 cm³/mol. The van der Waals surface area contributed by atoms with Gasteiger partial charge in [0.2, 0.25) is 0 Å². The van der Waals surface area contributed by atoms with Crippen LogP contribution in [0.3, 0.4) is 0 Å². The molecule has 7 heteroatoms. The van der Waals surface area contributed by atoms with Gasteiger partial charge in [-0.25, -0.2) is 4.98 Å². The van der Waals surface area contributed by atoms with Crippen molar-refractivity contribution in [3.8, 4) is 11.6 Å². The summed E-state index contributed by atoms with van der Waals surface area (Å²) in [6.07, 6.45) is -4.78. The van der Waals surface area contributed by atoms with Gasteiger partial charge < -0.3 is 9.47 Å². The van der Waals surface area contributed by atoms with Gasteiger partial charge in [-0.2, -0.15) is 0 Å². The van der Waals surface area contributed by atoms with E-state index in [9.17, 15) is 13.2 Å². The van der Waals surface area contributed by atoms with E-state index >= 15 is 0 Å². The van der Waals surface area contributed by atoms with Crippen LogP contribution in [-0.2, 0) is 5.88 Å². The van der Waals surface area contributed by atoms with Gasteiger partial charge in [-0.3, -0.25) is 0 Å². The Bertz CT molecular complexity index is 382. The van der Waals surface area contributed by atoms with Gasteiger partial charge in [-0.05, 0) is 18.6 Å². The molecular formula is C9H9ClF3NO2. The number of halogens is 4. The third-order valence-corrected chi connectivity index (χ3v) is 2.00. The summed E-state index contributed by atoms with van der Waals surface area (Å²) in [6, 6.07) is 1.41. The average molecular weight is 256 g/mol. The fraction of sp³-hybridized carbons (Fsp3) is 0.444. The Kier molecular flexibility index (Phi) is 3.85. The van der Waals surface area contributed by atoms with Crippen molar-refractivity contribution in [1.29, 1.82) is 0 Å². The topological polar surface area (TPSA) is 31.4 Å². The SMILES string of the molecule is COc1nc(CCl)cc(C)c1OC(F)(F)F. The van der Waals surface area contributed by atoms with Crippen molar-refractivity contribution in [2.24, 2.45) is 0 Å². The zero-order valence-corrected chi connectivity index (χ0v) is 9.32. The van der Waals surface area contributed by atoms with Crippen LogP contribution < -0.4 is 9.47 Å². The van der Waals surface area contributed by atoms with Gasteiger partial charge in [-0.15, -0.1) is 24.8 Å². The number of aryl methyl sites for hydroxylation is 1. The monoisotopic (exact) mass is 255 g/mol. The van der Waals surface area contributed by atoms with Crippen LogP contribution in [0.4, 0.5) is 13.2 Å². The number of aromatic nitrogens is 1. The molecule has 0 radical (unpaired) electrons. The summed E-state index contributed by atoms with van der Waals surface area (Å²) in [5.74, 6) is -0.583. The Morgan fingerprint density at radius 3 is 2.50 bits per heavy atom. The van der Waals surface area contributed by atoms with Crippen LogP contribution in [0.15, 0.2) is 6.07 Å². The second kappa shape index (κ2) is 4.78. The molecular weight excluding hydrogens is 247 g/mol. The van der Waals surface area contributed by atoms with Crippen molar-refractivity contribution in [2.75, 3.05) is 7.11 Å². The van der Waals surface area contributed by atoms with E-state index in [1.165, 1.54) is 20.1 Å². The summed E-state index contributed by atoms with van der Waals surface area (Å²) in [5, 5.41) is 0. The second-order valence-corrected chi connectivity index (χ2v) is 3.22. The molecule has 3 nitrogen and oxygen atoms in total. The van der Waals surface area contributed by atoms with Gasteiger partial charge in [0.25, 0.3) is 5.88 Å². The van der Waals surface area contributed by atoms with E-state index in [1.807, 2.05) is 0 Å². The summed E-state index contributed by atoms with van der Waals surface area (Å²) in [7, 11) is 1.21. The first kappa shape index (κ1) is 12.9. The number of ether oxygens (including phenoxy) is 2. The normalized spacial score (nSPS) is 11.4. The van der Waals surface area contributed by atoms with Crippen molar-refractivity contribution in [3.63, 3.8) is 0 Å². The van der Waals surface area contributed by atoms with E-state index in [4.69, 9.17) is 16.3 Å². The minimum Gasteiger partial charge on any atom is -0.478 e. The zero-order chi connectivity index (χ0) is 12.3. The summed E-state index contributed by atoms with van der Waals surface area (Å²) in [6.45, 7) is 1.46. The van der Waals surface area contributed by atoms with Crippen molar-refractivity contribution in [3.05, 3.63) is 17.3 Å². The minimum atomic E-state index is -4.78. The van der Waals surface area contributed by atoms with Crippen LogP contribution in [0.2, 0.25) is 0 Å². The lowest BCUT2D eigenvalue weighted by molar-refractivity contribution is -0.275. The number of methoxy groups -OCH3 is 1. The lowest BCUT2D eigenvalue weighted by Crippen LogP contribution is -2.18. The Morgan fingerprint density at radius 1 is 1.44 bits per heavy atom. The van der Waals surface area contributed by atoms with E-state index < -0.39 is 12.1 Å². The average Bonchev–Trinajstić information content (AvgIpc) is 2.19. The fourth-order valence-corrected chi connectivity index (χ4v) is 1.28. The van der Waals surface area contributed by atoms with Gasteiger partial charge in [0, 0.05) is 0 Å². The quantitative estimate of drug-likeness (QED) is 0.778. The molecule has 0 fully saturated rings. The highest BCUT2D eigenvalue weighted by molar-refractivity contribution is 6.16. The third kappa shape index (κ3) is 3.16. The molecule has 0 saturated carbocycles. The number of hydrogen-bond donors (Lipinski definition) is 0. The number of rotatable bonds is 3. The third-order valence-electron chi connectivity index (χ3n) is 1.73. The number of hydrogen-bond acceptors (Lipinski definition) is 3. The molecule has 1 rings (SSSR count). The van der Waals surface area contributed by atoms with Gasteiger partial charge in [-0.1, -0.05) is 0 Å². The molecule has 0 aromatic carbocycles. The molecule has 0 aliphatic heterocycles. The Hall–Kier alpha value is -1.17. The summed E-state index contributed by atoms with van der Waals surface area (Å²) in [5.41, 5.74) is 0.686. The van der Waals surface area contributed by atoms with E-state index in [2.05, 4.69) is 9.72 Å². The van der Waals surface area contributed by atoms with Crippen LogP contribution in [0.1, 0.15) is 11.3 Å².